The van der Waals surface area contributed by atoms with Gasteiger partial charge in [0.25, 0.3) is 0 Å². The topological polar surface area (TPSA) is 43.8 Å². The van der Waals surface area contributed by atoms with Crippen LogP contribution < -0.4 is 0 Å². The Morgan fingerprint density at radius 1 is 1.14 bits per heavy atom. The lowest BCUT2D eigenvalue weighted by Gasteiger charge is -2.32. The van der Waals surface area contributed by atoms with Crippen LogP contribution in [-0.2, 0) is 4.79 Å². The predicted molar refractivity (Wildman–Crippen MR) is 90.1 cm³/mol. The third-order valence-corrected chi connectivity index (χ3v) is 5.78. The summed E-state index contributed by atoms with van der Waals surface area (Å²) in [5.41, 5.74) is 0. The first kappa shape index (κ1) is 17.7. The third kappa shape index (κ3) is 5.54. The number of carbonyl (C=O) groups is 1. The summed E-state index contributed by atoms with van der Waals surface area (Å²) in [7, 11) is 1.96. The summed E-state index contributed by atoms with van der Waals surface area (Å²) in [6, 6.07) is 0.441. The largest absolute Gasteiger partial charge is 0.480 e. The Bertz CT molecular complexity index is 348. The van der Waals surface area contributed by atoms with E-state index in [1.54, 1.807) is 0 Å². The molecule has 1 N–H and O–H groups in total. The minimum Gasteiger partial charge on any atom is -0.480 e. The van der Waals surface area contributed by atoms with Crippen LogP contribution in [0.15, 0.2) is 0 Å². The fourth-order valence-corrected chi connectivity index (χ4v) is 4.41. The Balaban J connectivity index is 1.76. The zero-order valence-electron chi connectivity index (χ0n) is 14.5. The number of likely N-dealkylation sites (N-methyl/N-ethyl adjacent to an activating group) is 1. The van der Waals surface area contributed by atoms with Crippen LogP contribution in [0.4, 0.5) is 0 Å². The fraction of sp³-hybridized carbons (Fsp3) is 0.944. The molecule has 0 aromatic heterocycles. The maximum Gasteiger partial charge on any atom is 0.317 e. The Labute approximate surface area is 135 Å². The van der Waals surface area contributed by atoms with Gasteiger partial charge in [-0.1, -0.05) is 26.2 Å². The van der Waals surface area contributed by atoms with E-state index in [1.165, 1.54) is 51.6 Å². The molecule has 1 saturated heterocycles. The van der Waals surface area contributed by atoms with Crippen molar-refractivity contribution < 1.29 is 9.90 Å². The molecule has 0 aromatic rings. The van der Waals surface area contributed by atoms with E-state index in [1.807, 2.05) is 11.9 Å². The Morgan fingerprint density at radius 3 is 2.64 bits per heavy atom. The minimum atomic E-state index is -0.712. The monoisotopic (exact) mass is 310 g/mol. The lowest BCUT2D eigenvalue weighted by atomic mass is 9.80. The molecule has 0 bridgehead atoms. The van der Waals surface area contributed by atoms with E-state index in [9.17, 15) is 4.79 Å². The third-order valence-electron chi connectivity index (χ3n) is 5.78. The summed E-state index contributed by atoms with van der Waals surface area (Å²) >= 11 is 0. The molecule has 22 heavy (non-hydrogen) atoms. The number of carboxylic acid groups (broad SMARTS) is 1. The van der Waals surface area contributed by atoms with E-state index in [4.69, 9.17) is 5.11 Å². The van der Waals surface area contributed by atoms with Gasteiger partial charge in [0.2, 0.25) is 0 Å². The molecule has 128 valence electrons. The molecular weight excluding hydrogens is 276 g/mol. The highest BCUT2D eigenvalue weighted by molar-refractivity contribution is 5.69. The Kier molecular flexibility index (Phi) is 7.16. The second-order valence-corrected chi connectivity index (χ2v) is 7.50. The number of hydrogen-bond donors (Lipinski definition) is 1. The van der Waals surface area contributed by atoms with Crippen LogP contribution in [0.25, 0.3) is 0 Å². The number of likely N-dealkylation sites (tertiary alicyclic amines) is 1. The van der Waals surface area contributed by atoms with Crippen LogP contribution in [0.3, 0.4) is 0 Å². The van der Waals surface area contributed by atoms with E-state index in [2.05, 4.69) is 11.8 Å². The highest BCUT2D eigenvalue weighted by atomic mass is 16.4. The van der Waals surface area contributed by atoms with Gasteiger partial charge in [0.05, 0.1) is 6.54 Å². The molecule has 0 spiro atoms. The van der Waals surface area contributed by atoms with Crippen molar-refractivity contribution in [1.29, 1.82) is 0 Å². The van der Waals surface area contributed by atoms with Crippen molar-refractivity contribution in [3.63, 3.8) is 0 Å². The lowest BCUT2D eigenvalue weighted by Crippen LogP contribution is -2.37. The van der Waals surface area contributed by atoms with E-state index in [0.717, 1.165) is 31.2 Å². The van der Waals surface area contributed by atoms with Gasteiger partial charge >= 0.3 is 5.97 Å². The van der Waals surface area contributed by atoms with Gasteiger partial charge in [-0.15, -0.1) is 0 Å². The second-order valence-electron chi connectivity index (χ2n) is 7.50. The number of carboxylic acids is 1. The molecule has 3 atom stereocenters. The van der Waals surface area contributed by atoms with Crippen molar-refractivity contribution in [1.82, 2.24) is 9.80 Å². The van der Waals surface area contributed by atoms with Gasteiger partial charge in [0.15, 0.2) is 0 Å². The van der Waals surface area contributed by atoms with Crippen molar-refractivity contribution in [2.45, 2.75) is 64.3 Å². The molecule has 2 rings (SSSR count). The van der Waals surface area contributed by atoms with Gasteiger partial charge in [-0.25, -0.2) is 0 Å². The SMILES string of the molecule is CCC1CCCC(CN2CCCC(N(C)CC(=O)O)CC2)C1. The highest BCUT2D eigenvalue weighted by Crippen LogP contribution is 2.32. The van der Waals surface area contributed by atoms with Gasteiger partial charge in [0, 0.05) is 12.6 Å². The first-order valence-electron chi connectivity index (χ1n) is 9.22. The van der Waals surface area contributed by atoms with Gasteiger partial charge in [-0.2, -0.15) is 0 Å². The number of aliphatic carboxylic acids is 1. The predicted octanol–water partition coefficient (Wildman–Crippen LogP) is 3.07. The molecule has 0 amide bonds. The maximum atomic E-state index is 10.9. The molecule has 4 nitrogen and oxygen atoms in total. The average molecular weight is 310 g/mol. The first-order valence-corrected chi connectivity index (χ1v) is 9.22. The van der Waals surface area contributed by atoms with Crippen LogP contribution in [-0.4, -0.2) is 60.1 Å². The quantitative estimate of drug-likeness (QED) is 0.819. The van der Waals surface area contributed by atoms with E-state index >= 15 is 0 Å². The molecule has 2 fully saturated rings. The normalized spacial score (nSPS) is 31.1. The van der Waals surface area contributed by atoms with Crippen LogP contribution in [0, 0.1) is 11.8 Å². The molecule has 0 radical (unpaired) electrons. The standard InChI is InChI=1S/C18H34N2O2/c1-3-15-6-4-7-16(12-15)13-20-10-5-8-17(9-11-20)19(2)14-18(21)22/h15-17H,3-14H2,1-2H3,(H,21,22). The van der Waals surface area contributed by atoms with Gasteiger partial charge in [-0.3, -0.25) is 9.69 Å². The Hall–Kier alpha value is -0.610. The van der Waals surface area contributed by atoms with Crippen molar-refractivity contribution in [3.05, 3.63) is 0 Å². The van der Waals surface area contributed by atoms with Gasteiger partial charge in [-0.05, 0) is 64.1 Å². The molecule has 4 heteroatoms. The second kappa shape index (κ2) is 8.88. The number of rotatable bonds is 6. The lowest BCUT2D eigenvalue weighted by molar-refractivity contribution is -0.138. The fourth-order valence-electron chi connectivity index (χ4n) is 4.41. The molecular formula is C18H34N2O2. The average Bonchev–Trinajstić information content (AvgIpc) is 2.72. The zero-order valence-corrected chi connectivity index (χ0v) is 14.5. The molecule has 1 aliphatic carbocycles. The van der Waals surface area contributed by atoms with Crippen LogP contribution in [0.5, 0.6) is 0 Å². The van der Waals surface area contributed by atoms with Crippen molar-refractivity contribution in [2.24, 2.45) is 11.8 Å². The first-order chi connectivity index (χ1) is 10.6. The Morgan fingerprint density at radius 2 is 1.91 bits per heavy atom. The zero-order chi connectivity index (χ0) is 15.9. The van der Waals surface area contributed by atoms with Gasteiger partial charge in [0.1, 0.15) is 0 Å². The number of nitrogens with zero attached hydrogens (tertiary/aromatic N) is 2. The number of hydrogen-bond acceptors (Lipinski definition) is 3. The van der Waals surface area contributed by atoms with Crippen molar-refractivity contribution in [3.8, 4) is 0 Å². The smallest absolute Gasteiger partial charge is 0.317 e. The van der Waals surface area contributed by atoms with E-state index in [0.29, 0.717) is 6.04 Å². The summed E-state index contributed by atoms with van der Waals surface area (Å²) in [5.74, 6) is 1.14. The summed E-state index contributed by atoms with van der Waals surface area (Å²) < 4.78 is 0. The van der Waals surface area contributed by atoms with E-state index < -0.39 is 5.97 Å². The summed E-state index contributed by atoms with van der Waals surface area (Å²) in [6.45, 7) is 6.12. The molecule has 1 saturated carbocycles. The minimum absolute atomic E-state index is 0.172. The van der Waals surface area contributed by atoms with Gasteiger partial charge < -0.3 is 10.0 Å². The molecule has 1 heterocycles. The molecule has 2 aliphatic rings. The van der Waals surface area contributed by atoms with E-state index in [-0.39, 0.29) is 6.54 Å². The highest BCUT2D eigenvalue weighted by Gasteiger charge is 2.25. The summed E-state index contributed by atoms with van der Waals surface area (Å²) in [6.07, 6.45) is 10.5. The molecule has 1 aliphatic heterocycles. The summed E-state index contributed by atoms with van der Waals surface area (Å²) in [5, 5.41) is 8.95. The maximum absolute atomic E-state index is 10.9. The van der Waals surface area contributed by atoms with Crippen LogP contribution in [0.2, 0.25) is 0 Å². The van der Waals surface area contributed by atoms with Crippen LogP contribution in [0.1, 0.15) is 58.3 Å². The summed E-state index contributed by atoms with van der Waals surface area (Å²) in [4.78, 5) is 15.5. The van der Waals surface area contributed by atoms with Crippen molar-refractivity contribution >= 4 is 5.97 Å². The molecule has 3 unspecified atom stereocenters. The van der Waals surface area contributed by atoms with Crippen LogP contribution >= 0.6 is 0 Å². The molecule has 0 aromatic carbocycles. The van der Waals surface area contributed by atoms with Crippen molar-refractivity contribution in [2.75, 3.05) is 33.2 Å².